The number of hydrogen-bond acceptors (Lipinski definition) is 4. The van der Waals surface area contributed by atoms with Gasteiger partial charge < -0.3 is 14.8 Å². The number of benzene rings is 2. The fraction of sp³-hybridized carbons (Fsp3) is 0.222. The Balaban J connectivity index is 1.66. The number of aryl methyl sites for hydroxylation is 1. The fourth-order valence-corrected chi connectivity index (χ4v) is 4.96. The summed E-state index contributed by atoms with van der Waals surface area (Å²) in [6, 6.07) is 16.8. The molecule has 0 unspecified atom stereocenters. The van der Waals surface area contributed by atoms with Gasteiger partial charge in [-0.2, -0.15) is 0 Å². The number of nitrogens with zero attached hydrogens (tertiary/aromatic N) is 2. The van der Waals surface area contributed by atoms with Crippen LogP contribution in [0.4, 0.5) is 0 Å². The zero-order valence-corrected chi connectivity index (χ0v) is 19.7. The van der Waals surface area contributed by atoms with Gasteiger partial charge in [-0.25, -0.2) is 14.6 Å². The summed E-state index contributed by atoms with van der Waals surface area (Å²) < 4.78 is 3.16. The maximum Gasteiger partial charge on any atom is 0.335 e. The Morgan fingerprint density at radius 3 is 2.53 bits per heavy atom. The van der Waals surface area contributed by atoms with Crippen LogP contribution in [0.15, 0.2) is 66.4 Å². The molecule has 174 valence electrons. The van der Waals surface area contributed by atoms with E-state index in [2.05, 4.69) is 11.9 Å². The highest BCUT2D eigenvalue weighted by Gasteiger charge is 2.15. The number of carboxylic acids is 2. The van der Waals surface area contributed by atoms with E-state index in [9.17, 15) is 14.7 Å². The number of thiophene rings is 1. The van der Waals surface area contributed by atoms with Crippen LogP contribution in [0.1, 0.15) is 52.1 Å². The topological polar surface area (TPSA) is 92.4 Å². The number of carboxylic acid groups (broad SMARTS) is 2. The maximum atomic E-state index is 12.1. The molecule has 4 aromatic rings. The lowest BCUT2D eigenvalue weighted by atomic mass is 10.1. The van der Waals surface area contributed by atoms with E-state index in [4.69, 9.17) is 5.11 Å². The van der Waals surface area contributed by atoms with E-state index in [1.807, 2.05) is 34.9 Å². The largest absolute Gasteiger partial charge is 0.478 e. The van der Waals surface area contributed by atoms with Gasteiger partial charge in [0.05, 0.1) is 17.5 Å². The lowest BCUT2D eigenvalue weighted by Crippen LogP contribution is -2.09. The molecule has 7 heteroatoms. The Morgan fingerprint density at radius 2 is 1.85 bits per heavy atom. The quantitative estimate of drug-likeness (QED) is 0.279. The second-order valence-electron chi connectivity index (χ2n) is 8.19. The maximum absolute atomic E-state index is 12.1. The zero-order valence-electron chi connectivity index (χ0n) is 18.9. The first-order chi connectivity index (χ1) is 16.4. The van der Waals surface area contributed by atoms with E-state index >= 15 is 0 Å². The van der Waals surface area contributed by atoms with E-state index in [-0.39, 0.29) is 5.56 Å². The molecule has 0 aliphatic carbocycles. The lowest BCUT2D eigenvalue weighted by Gasteiger charge is -2.12. The zero-order chi connectivity index (χ0) is 24.1. The molecule has 2 aromatic carbocycles. The number of aromatic nitrogens is 2. The van der Waals surface area contributed by atoms with Crippen molar-refractivity contribution in [2.75, 3.05) is 0 Å². The van der Waals surface area contributed by atoms with Gasteiger partial charge in [0.1, 0.15) is 5.82 Å². The number of aromatic carboxylic acids is 1. The first-order valence-corrected chi connectivity index (χ1v) is 12.0. The number of fused-ring (bicyclic) bond motifs is 1. The summed E-state index contributed by atoms with van der Waals surface area (Å²) in [6.45, 7) is 2.60. The summed E-state index contributed by atoms with van der Waals surface area (Å²) in [4.78, 5) is 28.9. The summed E-state index contributed by atoms with van der Waals surface area (Å²) in [6.07, 6.45) is 6.56. The minimum Gasteiger partial charge on any atom is -0.478 e. The van der Waals surface area contributed by atoms with Crippen LogP contribution in [0.5, 0.6) is 0 Å². The molecule has 2 N–H and O–H groups in total. The molecule has 0 fully saturated rings. The second-order valence-corrected chi connectivity index (χ2v) is 9.36. The number of aliphatic carboxylic acids is 1. The highest BCUT2D eigenvalue weighted by atomic mass is 32.1. The molecule has 34 heavy (non-hydrogen) atoms. The summed E-state index contributed by atoms with van der Waals surface area (Å²) in [7, 11) is 0. The van der Waals surface area contributed by atoms with Crippen molar-refractivity contribution in [3.63, 3.8) is 0 Å². The molecule has 0 saturated heterocycles. The van der Waals surface area contributed by atoms with Gasteiger partial charge in [-0.05, 0) is 47.7 Å². The van der Waals surface area contributed by atoms with E-state index in [0.29, 0.717) is 18.5 Å². The van der Waals surface area contributed by atoms with Gasteiger partial charge in [0.15, 0.2) is 0 Å². The number of carbonyl (C=O) groups is 2. The van der Waals surface area contributed by atoms with Crippen LogP contribution < -0.4 is 0 Å². The first kappa shape index (κ1) is 23.4. The van der Waals surface area contributed by atoms with Crippen molar-refractivity contribution in [3.8, 4) is 0 Å². The molecule has 0 spiro atoms. The molecular weight excluding hydrogens is 448 g/mol. The molecule has 0 saturated carbocycles. The number of unbranched alkanes of at least 4 members (excludes halogenated alkanes) is 1. The molecule has 6 nitrogen and oxygen atoms in total. The standard InChI is InChI=1S/C27H26N2O4S/c1-2-3-8-25-28-16-22(29(25)17-18-9-11-19(12-10-18)26(30)31)13-21(27(32)33)15-23-14-20-6-4-5-7-24(20)34-23/h4-7,9-14,16H,2-3,8,15,17H2,1H3,(H,30,31)(H,32,33)/b21-13+. The first-order valence-electron chi connectivity index (χ1n) is 11.2. The van der Waals surface area contributed by atoms with E-state index in [1.54, 1.807) is 47.9 Å². The van der Waals surface area contributed by atoms with Crippen molar-refractivity contribution >= 4 is 39.4 Å². The number of imidazole rings is 1. The van der Waals surface area contributed by atoms with Crippen molar-refractivity contribution in [2.45, 2.75) is 39.2 Å². The smallest absolute Gasteiger partial charge is 0.335 e. The molecule has 0 aliphatic heterocycles. The van der Waals surface area contributed by atoms with Crippen LogP contribution >= 0.6 is 11.3 Å². The molecule has 0 amide bonds. The Kier molecular flexibility index (Phi) is 7.23. The average molecular weight is 475 g/mol. The molecule has 0 bridgehead atoms. The Hall–Kier alpha value is -3.71. The highest BCUT2D eigenvalue weighted by molar-refractivity contribution is 7.19. The Bertz CT molecular complexity index is 1320. The molecule has 2 aromatic heterocycles. The van der Waals surface area contributed by atoms with E-state index < -0.39 is 11.9 Å². The highest BCUT2D eigenvalue weighted by Crippen LogP contribution is 2.28. The van der Waals surface area contributed by atoms with Crippen molar-refractivity contribution in [2.24, 2.45) is 0 Å². The van der Waals surface area contributed by atoms with Gasteiger partial charge in [-0.15, -0.1) is 11.3 Å². The Labute approximate surface area is 201 Å². The van der Waals surface area contributed by atoms with Crippen molar-refractivity contribution in [3.05, 3.63) is 93.9 Å². The van der Waals surface area contributed by atoms with Crippen LogP contribution in [0.3, 0.4) is 0 Å². The molecular formula is C27H26N2O4S. The van der Waals surface area contributed by atoms with Gasteiger partial charge in [0.25, 0.3) is 0 Å². The van der Waals surface area contributed by atoms with Gasteiger partial charge in [-0.3, -0.25) is 0 Å². The Morgan fingerprint density at radius 1 is 1.09 bits per heavy atom. The lowest BCUT2D eigenvalue weighted by molar-refractivity contribution is -0.132. The third kappa shape index (κ3) is 5.43. The van der Waals surface area contributed by atoms with Crippen molar-refractivity contribution in [1.29, 1.82) is 0 Å². The van der Waals surface area contributed by atoms with Crippen molar-refractivity contribution in [1.82, 2.24) is 9.55 Å². The third-order valence-electron chi connectivity index (χ3n) is 5.70. The summed E-state index contributed by atoms with van der Waals surface area (Å²) in [5, 5.41) is 20.2. The fourth-order valence-electron chi connectivity index (χ4n) is 3.88. The predicted octanol–water partition coefficient (Wildman–Crippen LogP) is 5.90. The molecule has 2 heterocycles. The third-order valence-corrected chi connectivity index (χ3v) is 6.82. The SMILES string of the molecule is CCCCc1ncc(/C=C(\Cc2cc3ccccc3s2)C(=O)O)n1Cc1ccc(C(=O)O)cc1. The second kappa shape index (κ2) is 10.5. The van der Waals surface area contributed by atoms with E-state index in [1.165, 1.54) is 0 Å². The van der Waals surface area contributed by atoms with E-state index in [0.717, 1.165) is 51.3 Å². The number of hydrogen-bond donors (Lipinski definition) is 2. The minimum absolute atomic E-state index is 0.234. The van der Waals surface area contributed by atoms with Crippen molar-refractivity contribution < 1.29 is 19.8 Å². The summed E-state index contributed by atoms with van der Waals surface area (Å²) in [5.74, 6) is -1.03. The van der Waals surface area contributed by atoms with Crippen LogP contribution in [0.2, 0.25) is 0 Å². The van der Waals surface area contributed by atoms with Gasteiger partial charge in [0.2, 0.25) is 0 Å². The van der Waals surface area contributed by atoms with Crippen LogP contribution in [-0.2, 0) is 24.2 Å². The minimum atomic E-state index is -0.964. The van der Waals surface area contributed by atoms with Crippen LogP contribution in [-0.4, -0.2) is 31.7 Å². The van der Waals surface area contributed by atoms with Crippen LogP contribution in [0.25, 0.3) is 16.2 Å². The normalized spacial score (nSPS) is 11.7. The van der Waals surface area contributed by atoms with Gasteiger partial charge >= 0.3 is 11.9 Å². The molecule has 0 radical (unpaired) electrons. The van der Waals surface area contributed by atoms with Crippen LogP contribution in [0, 0.1) is 0 Å². The van der Waals surface area contributed by atoms with Gasteiger partial charge in [-0.1, -0.05) is 43.7 Å². The molecule has 0 aliphatic rings. The summed E-state index contributed by atoms with van der Waals surface area (Å²) in [5.41, 5.74) is 2.19. The van der Waals surface area contributed by atoms with Gasteiger partial charge in [0, 0.05) is 34.5 Å². The predicted molar refractivity (Wildman–Crippen MR) is 134 cm³/mol. The molecule has 4 rings (SSSR count). The molecule has 0 atom stereocenters. The number of rotatable bonds is 10. The summed E-state index contributed by atoms with van der Waals surface area (Å²) >= 11 is 1.61. The monoisotopic (exact) mass is 474 g/mol. The average Bonchev–Trinajstić information content (AvgIpc) is 3.40.